The van der Waals surface area contributed by atoms with Crippen LogP contribution in [0.4, 0.5) is 4.39 Å². The number of hydrogen-bond donors (Lipinski definition) is 2. The van der Waals surface area contributed by atoms with E-state index in [1.807, 2.05) is 0 Å². The molecule has 2 atom stereocenters. The highest BCUT2D eigenvalue weighted by Crippen LogP contribution is 2.11. The van der Waals surface area contributed by atoms with Gasteiger partial charge in [-0.25, -0.2) is 4.39 Å². The predicted octanol–water partition coefficient (Wildman–Crippen LogP) is 0.161. The highest BCUT2D eigenvalue weighted by atomic mass is 19.1. The van der Waals surface area contributed by atoms with E-state index in [1.165, 1.54) is 0 Å². The van der Waals surface area contributed by atoms with Crippen molar-refractivity contribution in [2.75, 3.05) is 6.54 Å². The second-order valence-corrected chi connectivity index (χ2v) is 2.47. The summed E-state index contributed by atoms with van der Waals surface area (Å²) in [4.78, 5) is 10.3. The molecule has 0 radical (unpaired) electrons. The average Bonchev–Trinajstić information content (AvgIpc) is 1.88. The first-order chi connectivity index (χ1) is 4.70. The maximum absolute atomic E-state index is 12.5. The average molecular weight is 147 g/mol. The van der Waals surface area contributed by atoms with Gasteiger partial charge in [0.1, 0.15) is 12.2 Å². The van der Waals surface area contributed by atoms with Gasteiger partial charge >= 0.3 is 5.97 Å². The quantitative estimate of drug-likeness (QED) is 0.555. The standard InChI is InChI=1S/C6H10FNO2/c7-4-1-2-8-5(3-4)6(9)10/h4-5,8H,1-3H2,(H,9,10)/t4-,5+/m1/s1. The summed E-state index contributed by atoms with van der Waals surface area (Å²) in [6, 6.07) is -0.677. The van der Waals surface area contributed by atoms with Gasteiger partial charge in [0.15, 0.2) is 0 Å². The molecule has 0 aromatic rings. The summed E-state index contributed by atoms with van der Waals surface area (Å²) < 4.78 is 12.5. The molecule has 0 aromatic carbocycles. The van der Waals surface area contributed by atoms with Gasteiger partial charge in [0, 0.05) is 6.42 Å². The van der Waals surface area contributed by atoms with E-state index in [0.29, 0.717) is 13.0 Å². The number of nitrogens with one attached hydrogen (secondary N) is 1. The first kappa shape index (κ1) is 7.47. The Morgan fingerprint density at radius 3 is 2.80 bits per heavy atom. The third-order valence-electron chi connectivity index (χ3n) is 1.64. The molecule has 0 aliphatic carbocycles. The van der Waals surface area contributed by atoms with E-state index in [4.69, 9.17) is 5.11 Å². The van der Waals surface area contributed by atoms with Crippen LogP contribution in [-0.4, -0.2) is 29.8 Å². The Morgan fingerprint density at radius 2 is 2.40 bits per heavy atom. The molecule has 3 nitrogen and oxygen atoms in total. The predicted molar refractivity (Wildman–Crippen MR) is 33.6 cm³/mol. The number of aliphatic carboxylic acids is 1. The number of carbonyl (C=O) groups is 1. The lowest BCUT2D eigenvalue weighted by Gasteiger charge is -2.22. The summed E-state index contributed by atoms with van der Waals surface area (Å²) in [6.45, 7) is 0.470. The molecular formula is C6H10FNO2. The fourth-order valence-electron chi connectivity index (χ4n) is 1.06. The topological polar surface area (TPSA) is 49.3 Å². The van der Waals surface area contributed by atoms with Gasteiger partial charge < -0.3 is 10.4 Å². The summed E-state index contributed by atoms with van der Waals surface area (Å²) in [6.07, 6.45) is -0.401. The minimum Gasteiger partial charge on any atom is -0.480 e. The van der Waals surface area contributed by atoms with E-state index >= 15 is 0 Å². The molecule has 4 heteroatoms. The Labute approximate surface area is 58.2 Å². The van der Waals surface area contributed by atoms with Crippen molar-refractivity contribution in [1.82, 2.24) is 5.32 Å². The van der Waals surface area contributed by atoms with Crippen LogP contribution in [0.2, 0.25) is 0 Å². The number of alkyl halides is 1. The highest BCUT2D eigenvalue weighted by Gasteiger charge is 2.25. The Morgan fingerprint density at radius 1 is 1.70 bits per heavy atom. The van der Waals surface area contributed by atoms with Crippen LogP contribution < -0.4 is 5.32 Å². The molecule has 0 aromatic heterocycles. The number of rotatable bonds is 1. The van der Waals surface area contributed by atoms with Crippen molar-refractivity contribution in [3.63, 3.8) is 0 Å². The van der Waals surface area contributed by atoms with Crippen LogP contribution in [0, 0.1) is 0 Å². The van der Waals surface area contributed by atoms with Crippen LogP contribution >= 0.6 is 0 Å². The van der Waals surface area contributed by atoms with Gasteiger partial charge in [-0.3, -0.25) is 4.79 Å². The maximum Gasteiger partial charge on any atom is 0.320 e. The third-order valence-corrected chi connectivity index (χ3v) is 1.64. The van der Waals surface area contributed by atoms with Gasteiger partial charge in [-0.05, 0) is 13.0 Å². The zero-order valence-electron chi connectivity index (χ0n) is 5.51. The van der Waals surface area contributed by atoms with Crippen molar-refractivity contribution >= 4 is 5.97 Å². The molecule has 58 valence electrons. The van der Waals surface area contributed by atoms with E-state index in [1.54, 1.807) is 0 Å². The first-order valence-corrected chi connectivity index (χ1v) is 3.30. The summed E-state index contributed by atoms with van der Waals surface area (Å²) in [5.41, 5.74) is 0. The van der Waals surface area contributed by atoms with Crippen molar-refractivity contribution in [3.8, 4) is 0 Å². The highest BCUT2D eigenvalue weighted by molar-refractivity contribution is 5.73. The van der Waals surface area contributed by atoms with E-state index in [0.717, 1.165) is 0 Å². The van der Waals surface area contributed by atoms with E-state index in [-0.39, 0.29) is 6.42 Å². The fourth-order valence-corrected chi connectivity index (χ4v) is 1.06. The van der Waals surface area contributed by atoms with Gasteiger partial charge in [0.05, 0.1) is 0 Å². The molecule has 1 aliphatic rings. The molecule has 0 bridgehead atoms. The summed E-state index contributed by atoms with van der Waals surface area (Å²) >= 11 is 0. The molecule has 0 spiro atoms. The summed E-state index contributed by atoms with van der Waals surface area (Å²) in [5.74, 6) is -0.956. The molecule has 1 fully saturated rings. The summed E-state index contributed by atoms with van der Waals surface area (Å²) in [7, 11) is 0. The number of hydrogen-bond acceptors (Lipinski definition) is 2. The van der Waals surface area contributed by atoms with Gasteiger partial charge in [-0.1, -0.05) is 0 Å². The largest absolute Gasteiger partial charge is 0.480 e. The van der Waals surface area contributed by atoms with Crippen LogP contribution in [0.5, 0.6) is 0 Å². The van der Waals surface area contributed by atoms with Crippen LogP contribution in [0.15, 0.2) is 0 Å². The van der Waals surface area contributed by atoms with Gasteiger partial charge in [0.25, 0.3) is 0 Å². The van der Waals surface area contributed by atoms with E-state index in [2.05, 4.69) is 5.32 Å². The summed E-state index contributed by atoms with van der Waals surface area (Å²) in [5, 5.41) is 11.1. The van der Waals surface area contributed by atoms with Crippen LogP contribution in [0.1, 0.15) is 12.8 Å². The maximum atomic E-state index is 12.5. The zero-order chi connectivity index (χ0) is 7.56. The second-order valence-electron chi connectivity index (χ2n) is 2.47. The number of carboxylic acids is 1. The molecule has 1 saturated heterocycles. The van der Waals surface area contributed by atoms with E-state index < -0.39 is 18.2 Å². The first-order valence-electron chi connectivity index (χ1n) is 3.30. The number of carboxylic acid groups (broad SMARTS) is 1. The molecule has 1 heterocycles. The van der Waals surface area contributed by atoms with Gasteiger partial charge in [-0.15, -0.1) is 0 Å². The Hall–Kier alpha value is -0.640. The third kappa shape index (κ3) is 1.67. The fraction of sp³-hybridized carbons (Fsp3) is 0.833. The second kappa shape index (κ2) is 2.96. The molecular weight excluding hydrogens is 137 g/mol. The smallest absolute Gasteiger partial charge is 0.320 e. The molecule has 1 rings (SSSR count). The van der Waals surface area contributed by atoms with E-state index in [9.17, 15) is 9.18 Å². The van der Waals surface area contributed by atoms with Gasteiger partial charge in [0.2, 0.25) is 0 Å². The van der Waals surface area contributed by atoms with Crippen LogP contribution in [0.25, 0.3) is 0 Å². The minimum absolute atomic E-state index is 0.106. The van der Waals surface area contributed by atoms with Crippen LogP contribution in [-0.2, 0) is 4.79 Å². The van der Waals surface area contributed by atoms with Crippen LogP contribution in [0.3, 0.4) is 0 Å². The van der Waals surface area contributed by atoms with Crippen molar-refractivity contribution in [1.29, 1.82) is 0 Å². The molecule has 2 N–H and O–H groups in total. The lowest BCUT2D eigenvalue weighted by atomic mass is 10.0. The number of halogens is 1. The Kier molecular flexibility index (Phi) is 2.21. The molecule has 1 aliphatic heterocycles. The van der Waals surface area contributed by atoms with Crippen molar-refractivity contribution in [2.45, 2.75) is 25.1 Å². The van der Waals surface area contributed by atoms with Crippen molar-refractivity contribution in [2.24, 2.45) is 0 Å². The van der Waals surface area contributed by atoms with Crippen molar-refractivity contribution < 1.29 is 14.3 Å². The SMILES string of the molecule is O=C(O)[C@@H]1C[C@H](F)CCN1. The zero-order valence-corrected chi connectivity index (χ0v) is 5.51. The molecule has 0 unspecified atom stereocenters. The molecule has 0 amide bonds. The molecule has 10 heavy (non-hydrogen) atoms. The minimum atomic E-state index is -0.956. The monoisotopic (exact) mass is 147 g/mol. The Bertz CT molecular complexity index is 140. The van der Waals surface area contributed by atoms with Crippen molar-refractivity contribution in [3.05, 3.63) is 0 Å². The lowest BCUT2D eigenvalue weighted by Crippen LogP contribution is -2.44. The Balaban J connectivity index is 2.39. The molecule has 0 saturated carbocycles. The number of piperidine rings is 1. The van der Waals surface area contributed by atoms with Gasteiger partial charge in [-0.2, -0.15) is 0 Å². The normalized spacial score (nSPS) is 33.7. The lowest BCUT2D eigenvalue weighted by molar-refractivity contribution is -0.140.